The highest BCUT2D eigenvalue weighted by atomic mass is 19.1. The van der Waals surface area contributed by atoms with Crippen molar-refractivity contribution in [3.05, 3.63) is 100.0 Å². The molecule has 0 saturated heterocycles. The van der Waals surface area contributed by atoms with Crippen LogP contribution in [-0.2, 0) is 17.8 Å². The molecule has 4 aromatic rings. The SMILES string of the molecule is Cc1cc([C@H](C)NC(=O)c2ccc3c(Cc4cccc(OC(C)(C)C(=O)O)c4)c(C)n(CC(C)C)c3c2)ccc1F. The second-order valence-electron chi connectivity index (χ2n) is 11.7. The number of nitrogens with one attached hydrogen (secondary N) is 1. The molecule has 1 heterocycles. The molecule has 41 heavy (non-hydrogen) atoms. The van der Waals surface area contributed by atoms with Gasteiger partial charge in [-0.15, -0.1) is 0 Å². The summed E-state index contributed by atoms with van der Waals surface area (Å²) >= 11 is 0. The Morgan fingerprint density at radius 2 is 1.76 bits per heavy atom. The van der Waals surface area contributed by atoms with E-state index in [-0.39, 0.29) is 17.8 Å². The van der Waals surface area contributed by atoms with Crippen LogP contribution in [0.1, 0.15) is 79.0 Å². The molecule has 0 aliphatic heterocycles. The fourth-order valence-electron chi connectivity index (χ4n) is 5.08. The third-order valence-electron chi connectivity index (χ3n) is 7.46. The zero-order valence-electron chi connectivity index (χ0n) is 24.8. The lowest BCUT2D eigenvalue weighted by molar-refractivity contribution is -0.152. The number of carbonyl (C=O) groups excluding carboxylic acids is 1. The number of aryl methyl sites for hydroxylation is 1. The number of aliphatic carboxylic acids is 1. The Labute approximate surface area is 241 Å². The Morgan fingerprint density at radius 3 is 2.41 bits per heavy atom. The molecule has 0 unspecified atom stereocenters. The largest absolute Gasteiger partial charge is 0.478 e. The molecule has 0 aliphatic rings. The Kier molecular flexibility index (Phi) is 8.57. The maximum absolute atomic E-state index is 13.7. The van der Waals surface area contributed by atoms with Crippen LogP contribution in [0, 0.1) is 25.6 Å². The standard InChI is InChI=1S/C34H39FN2O4/c1-20(2)19-37-23(5)29(17-24-9-8-10-27(16-24)41-34(6,7)33(39)40)28-13-11-26(18-31(28)37)32(38)36-22(4)25-12-14-30(35)21(3)15-25/h8-16,18,20,22H,17,19H2,1-7H3,(H,36,38)(H,39,40)/t22-/m0/s1. The molecule has 4 rings (SSSR count). The fraction of sp³-hybridized carbons (Fsp3) is 0.353. The minimum Gasteiger partial charge on any atom is -0.478 e. The molecular weight excluding hydrogens is 519 g/mol. The third-order valence-corrected chi connectivity index (χ3v) is 7.46. The van der Waals surface area contributed by atoms with Crippen molar-refractivity contribution in [2.24, 2.45) is 5.92 Å². The molecule has 0 radical (unpaired) electrons. The summed E-state index contributed by atoms with van der Waals surface area (Å²) in [6, 6.07) is 17.9. The molecular formula is C34H39FN2O4. The van der Waals surface area contributed by atoms with Gasteiger partial charge in [0.1, 0.15) is 11.6 Å². The van der Waals surface area contributed by atoms with E-state index < -0.39 is 11.6 Å². The van der Waals surface area contributed by atoms with Gasteiger partial charge in [-0.05, 0) is 99.5 Å². The van der Waals surface area contributed by atoms with Gasteiger partial charge in [0.05, 0.1) is 6.04 Å². The van der Waals surface area contributed by atoms with Crippen LogP contribution in [0.25, 0.3) is 10.9 Å². The molecule has 1 aromatic heterocycles. The van der Waals surface area contributed by atoms with Gasteiger partial charge in [-0.2, -0.15) is 0 Å². The van der Waals surface area contributed by atoms with E-state index >= 15 is 0 Å². The summed E-state index contributed by atoms with van der Waals surface area (Å²) in [6.07, 6.45) is 0.630. The van der Waals surface area contributed by atoms with E-state index in [4.69, 9.17) is 4.74 Å². The van der Waals surface area contributed by atoms with E-state index in [0.717, 1.165) is 39.8 Å². The van der Waals surface area contributed by atoms with Gasteiger partial charge in [0.15, 0.2) is 5.60 Å². The number of carboxylic acid groups (broad SMARTS) is 1. The number of carboxylic acids is 1. The number of fused-ring (bicyclic) bond motifs is 1. The van der Waals surface area contributed by atoms with E-state index in [0.29, 0.717) is 29.2 Å². The number of benzene rings is 3. The monoisotopic (exact) mass is 558 g/mol. The first-order chi connectivity index (χ1) is 19.3. The first-order valence-corrected chi connectivity index (χ1v) is 14.0. The lowest BCUT2D eigenvalue weighted by Gasteiger charge is -2.21. The number of ether oxygens (including phenoxy) is 1. The molecule has 3 aromatic carbocycles. The molecule has 0 saturated carbocycles. The molecule has 7 heteroatoms. The summed E-state index contributed by atoms with van der Waals surface area (Å²) < 4.78 is 21.8. The molecule has 6 nitrogen and oxygen atoms in total. The molecule has 0 fully saturated rings. The highest BCUT2D eigenvalue weighted by Gasteiger charge is 2.29. The van der Waals surface area contributed by atoms with Crippen LogP contribution in [0.3, 0.4) is 0 Å². The third kappa shape index (κ3) is 6.62. The van der Waals surface area contributed by atoms with Gasteiger partial charge >= 0.3 is 5.97 Å². The summed E-state index contributed by atoms with van der Waals surface area (Å²) in [4.78, 5) is 24.8. The van der Waals surface area contributed by atoms with Gasteiger partial charge in [-0.3, -0.25) is 4.79 Å². The zero-order valence-corrected chi connectivity index (χ0v) is 24.8. The minimum absolute atomic E-state index is 0.191. The van der Waals surface area contributed by atoms with Crippen molar-refractivity contribution < 1.29 is 23.8 Å². The number of halogens is 1. The Balaban J connectivity index is 1.66. The molecule has 0 spiro atoms. The van der Waals surface area contributed by atoms with Crippen molar-refractivity contribution in [3.63, 3.8) is 0 Å². The van der Waals surface area contributed by atoms with Gasteiger partial charge < -0.3 is 19.7 Å². The number of nitrogens with zero attached hydrogens (tertiary/aromatic N) is 1. The lowest BCUT2D eigenvalue weighted by atomic mass is 10.0. The van der Waals surface area contributed by atoms with Crippen molar-refractivity contribution in [2.75, 3.05) is 0 Å². The summed E-state index contributed by atoms with van der Waals surface area (Å²) in [7, 11) is 0. The molecule has 1 amide bonds. The quantitative estimate of drug-likeness (QED) is 0.213. The highest BCUT2D eigenvalue weighted by Crippen LogP contribution is 2.31. The number of amides is 1. The van der Waals surface area contributed by atoms with Crippen LogP contribution in [-0.4, -0.2) is 27.2 Å². The van der Waals surface area contributed by atoms with Crippen LogP contribution in [0.4, 0.5) is 4.39 Å². The van der Waals surface area contributed by atoms with Gasteiger partial charge in [0.25, 0.3) is 5.91 Å². The van der Waals surface area contributed by atoms with Crippen molar-refractivity contribution >= 4 is 22.8 Å². The van der Waals surface area contributed by atoms with Gasteiger partial charge in [0, 0.05) is 28.7 Å². The number of rotatable bonds is 10. The summed E-state index contributed by atoms with van der Waals surface area (Å²) in [5.74, 6) is -0.589. The van der Waals surface area contributed by atoms with E-state index in [1.807, 2.05) is 43.3 Å². The summed E-state index contributed by atoms with van der Waals surface area (Å²) in [6.45, 7) is 13.9. The van der Waals surface area contributed by atoms with Gasteiger partial charge in [-0.1, -0.05) is 44.2 Å². The molecule has 2 N–H and O–H groups in total. The summed E-state index contributed by atoms with van der Waals surface area (Å²) in [5.41, 5.74) is 4.87. The number of hydrogen-bond donors (Lipinski definition) is 2. The van der Waals surface area contributed by atoms with E-state index in [9.17, 15) is 19.1 Å². The average molecular weight is 559 g/mol. The number of carbonyl (C=O) groups is 2. The van der Waals surface area contributed by atoms with E-state index in [1.165, 1.54) is 19.9 Å². The van der Waals surface area contributed by atoms with Crippen LogP contribution in [0.2, 0.25) is 0 Å². The number of hydrogen-bond acceptors (Lipinski definition) is 3. The van der Waals surface area contributed by atoms with E-state index in [2.05, 4.69) is 30.7 Å². The normalized spacial score (nSPS) is 12.5. The van der Waals surface area contributed by atoms with Crippen molar-refractivity contribution in [2.45, 2.75) is 73.1 Å². The highest BCUT2D eigenvalue weighted by molar-refractivity contribution is 5.99. The topological polar surface area (TPSA) is 80.6 Å². The molecule has 0 bridgehead atoms. The molecule has 1 atom stereocenters. The first kappa shape index (κ1) is 29.8. The fourth-order valence-corrected chi connectivity index (χ4v) is 5.08. The number of aromatic nitrogens is 1. The Morgan fingerprint density at radius 1 is 1.02 bits per heavy atom. The maximum Gasteiger partial charge on any atom is 0.347 e. The van der Waals surface area contributed by atoms with Crippen LogP contribution < -0.4 is 10.1 Å². The van der Waals surface area contributed by atoms with Crippen molar-refractivity contribution in [1.82, 2.24) is 9.88 Å². The maximum atomic E-state index is 13.7. The average Bonchev–Trinajstić information content (AvgIpc) is 3.15. The Bertz CT molecular complexity index is 1600. The lowest BCUT2D eigenvalue weighted by Crippen LogP contribution is -2.37. The summed E-state index contributed by atoms with van der Waals surface area (Å²) in [5, 5.41) is 13.6. The van der Waals surface area contributed by atoms with Crippen molar-refractivity contribution in [1.29, 1.82) is 0 Å². The van der Waals surface area contributed by atoms with Gasteiger partial charge in [-0.25, -0.2) is 9.18 Å². The van der Waals surface area contributed by atoms with Crippen molar-refractivity contribution in [3.8, 4) is 5.75 Å². The molecule has 0 aliphatic carbocycles. The zero-order chi connectivity index (χ0) is 30.1. The van der Waals surface area contributed by atoms with Gasteiger partial charge in [0.2, 0.25) is 0 Å². The smallest absolute Gasteiger partial charge is 0.347 e. The Hall–Kier alpha value is -4.13. The first-order valence-electron chi connectivity index (χ1n) is 14.0. The predicted molar refractivity (Wildman–Crippen MR) is 160 cm³/mol. The van der Waals surface area contributed by atoms with Crippen LogP contribution in [0.5, 0.6) is 5.75 Å². The second kappa shape index (κ2) is 11.8. The van der Waals surface area contributed by atoms with Crippen LogP contribution >= 0.6 is 0 Å². The molecule has 216 valence electrons. The minimum atomic E-state index is -1.34. The van der Waals surface area contributed by atoms with Crippen LogP contribution in [0.15, 0.2) is 60.7 Å². The second-order valence-corrected chi connectivity index (χ2v) is 11.7. The van der Waals surface area contributed by atoms with E-state index in [1.54, 1.807) is 25.1 Å². The predicted octanol–water partition coefficient (Wildman–Crippen LogP) is 7.38.